The maximum atomic E-state index is 12.7. The van der Waals surface area contributed by atoms with Crippen LogP contribution in [0.1, 0.15) is 16.7 Å². The Hall–Kier alpha value is -1.65. The molecule has 1 fully saturated rings. The van der Waals surface area contributed by atoms with E-state index in [2.05, 4.69) is 10.6 Å². The molecule has 0 bridgehead atoms. The summed E-state index contributed by atoms with van der Waals surface area (Å²) in [5, 5.41) is 5.14. The average molecular weight is 389 g/mol. The third-order valence-electron chi connectivity index (χ3n) is 3.91. The summed E-state index contributed by atoms with van der Waals surface area (Å²) in [6, 6.07) is 1.34. The quantitative estimate of drug-likeness (QED) is 0.768. The number of hydrogen-bond donors (Lipinski definition) is 2. The summed E-state index contributed by atoms with van der Waals surface area (Å²) in [6.45, 7) is 6.98. The van der Waals surface area contributed by atoms with E-state index in [0.717, 1.165) is 9.75 Å². The Morgan fingerprint density at radius 1 is 1.16 bits per heavy atom. The molecule has 3 amide bonds. The van der Waals surface area contributed by atoms with Crippen LogP contribution in [0.4, 0.5) is 4.79 Å². The van der Waals surface area contributed by atoms with Crippen LogP contribution in [0.15, 0.2) is 11.0 Å². The van der Waals surface area contributed by atoms with Crippen molar-refractivity contribution in [1.82, 2.24) is 19.8 Å². The van der Waals surface area contributed by atoms with E-state index in [4.69, 9.17) is 0 Å². The number of amides is 3. The van der Waals surface area contributed by atoms with Crippen LogP contribution in [0.2, 0.25) is 0 Å². The lowest BCUT2D eigenvalue weighted by atomic mass is 10.4. The fraction of sp³-hybridized carbons (Fsp3) is 0.600. The zero-order chi connectivity index (χ0) is 18.6. The highest BCUT2D eigenvalue weighted by atomic mass is 32.2. The lowest BCUT2D eigenvalue weighted by Crippen LogP contribution is -2.54. The summed E-state index contributed by atoms with van der Waals surface area (Å²) in [4.78, 5) is 27.0. The van der Waals surface area contributed by atoms with E-state index in [1.54, 1.807) is 19.9 Å². The number of aryl methyl sites for hydroxylation is 2. The standard InChI is InChI=1S/C15H24N4O4S2/c1-4-16-14(20)10-17-15(21)18-5-7-19(8-6-18)25(22,23)13-9-11(2)24-12(13)3/h9H,4-8,10H2,1-3H3,(H,16,20)(H,17,21). The first kappa shape index (κ1) is 19.7. The van der Waals surface area contributed by atoms with Crippen molar-refractivity contribution in [3.8, 4) is 0 Å². The number of piperazine rings is 1. The molecule has 0 atom stereocenters. The number of nitrogens with zero attached hydrogens (tertiary/aromatic N) is 2. The van der Waals surface area contributed by atoms with Gasteiger partial charge in [-0.2, -0.15) is 4.31 Å². The summed E-state index contributed by atoms with van der Waals surface area (Å²) in [6.07, 6.45) is 0. The number of sulfonamides is 1. The minimum atomic E-state index is -3.53. The molecule has 8 nitrogen and oxygen atoms in total. The molecular weight excluding hydrogens is 364 g/mol. The van der Waals surface area contributed by atoms with Gasteiger partial charge in [-0.1, -0.05) is 0 Å². The van der Waals surface area contributed by atoms with Crippen molar-refractivity contribution in [2.75, 3.05) is 39.3 Å². The molecule has 1 aliphatic rings. The number of rotatable bonds is 5. The number of nitrogens with one attached hydrogen (secondary N) is 2. The van der Waals surface area contributed by atoms with Crippen molar-refractivity contribution in [1.29, 1.82) is 0 Å². The highest BCUT2D eigenvalue weighted by Crippen LogP contribution is 2.28. The van der Waals surface area contributed by atoms with Crippen LogP contribution in [0.3, 0.4) is 0 Å². The van der Waals surface area contributed by atoms with E-state index in [1.165, 1.54) is 20.5 Å². The van der Waals surface area contributed by atoms with Gasteiger partial charge in [0.15, 0.2) is 0 Å². The molecule has 1 aromatic rings. The Morgan fingerprint density at radius 2 is 1.80 bits per heavy atom. The molecule has 25 heavy (non-hydrogen) atoms. The van der Waals surface area contributed by atoms with Crippen LogP contribution in [-0.4, -0.2) is 68.8 Å². The van der Waals surface area contributed by atoms with Crippen LogP contribution in [0.25, 0.3) is 0 Å². The molecule has 0 spiro atoms. The van der Waals surface area contributed by atoms with Crippen molar-refractivity contribution in [3.05, 3.63) is 15.8 Å². The normalized spacial score (nSPS) is 15.9. The maximum Gasteiger partial charge on any atom is 0.317 e. The lowest BCUT2D eigenvalue weighted by molar-refractivity contribution is -0.120. The summed E-state index contributed by atoms with van der Waals surface area (Å²) in [7, 11) is -3.53. The minimum absolute atomic E-state index is 0.0848. The molecule has 0 radical (unpaired) electrons. The molecule has 1 saturated heterocycles. The molecule has 0 saturated carbocycles. The topological polar surface area (TPSA) is 98.8 Å². The fourth-order valence-electron chi connectivity index (χ4n) is 2.66. The molecule has 10 heteroatoms. The Labute approximate surface area is 152 Å². The van der Waals surface area contributed by atoms with E-state index >= 15 is 0 Å². The predicted octanol–water partition coefficient (Wildman–Crippen LogP) is 0.517. The minimum Gasteiger partial charge on any atom is -0.355 e. The number of thiophene rings is 1. The van der Waals surface area contributed by atoms with E-state index in [9.17, 15) is 18.0 Å². The monoisotopic (exact) mass is 388 g/mol. The molecule has 1 aliphatic heterocycles. The van der Waals surface area contributed by atoms with Gasteiger partial charge in [0.1, 0.15) is 0 Å². The Kier molecular flexibility index (Phi) is 6.42. The van der Waals surface area contributed by atoms with Crippen molar-refractivity contribution >= 4 is 33.3 Å². The first-order valence-corrected chi connectivity index (χ1v) is 10.4. The van der Waals surface area contributed by atoms with Gasteiger partial charge in [0.25, 0.3) is 0 Å². The SMILES string of the molecule is CCNC(=O)CNC(=O)N1CCN(S(=O)(=O)c2cc(C)sc2C)CC1. The van der Waals surface area contributed by atoms with Gasteiger partial charge in [0.05, 0.1) is 11.4 Å². The number of urea groups is 1. The summed E-state index contributed by atoms with van der Waals surface area (Å²) < 4.78 is 26.9. The van der Waals surface area contributed by atoms with E-state index in [0.29, 0.717) is 24.5 Å². The first-order valence-electron chi connectivity index (χ1n) is 8.12. The predicted molar refractivity (Wildman–Crippen MR) is 96.2 cm³/mol. The second-order valence-corrected chi connectivity index (χ2v) is 9.15. The first-order chi connectivity index (χ1) is 11.8. The summed E-state index contributed by atoms with van der Waals surface area (Å²) in [5.74, 6) is -0.250. The number of carbonyl (C=O) groups excluding carboxylic acids is 2. The summed E-state index contributed by atoms with van der Waals surface area (Å²) >= 11 is 1.46. The smallest absolute Gasteiger partial charge is 0.317 e. The zero-order valence-corrected chi connectivity index (χ0v) is 16.3. The van der Waals surface area contributed by atoms with Crippen molar-refractivity contribution < 1.29 is 18.0 Å². The van der Waals surface area contributed by atoms with Gasteiger partial charge in [-0.25, -0.2) is 13.2 Å². The Morgan fingerprint density at radius 3 is 2.32 bits per heavy atom. The highest BCUT2D eigenvalue weighted by molar-refractivity contribution is 7.89. The van der Waals surface area contributed by atoms with E-state index < -0.39 is 10.0 Å². The van der Waals surface area contributed by atoms with Crippen molar-refractivity contribution in [2.45, 2.75) is 25.7 Å². The summed E-state index contributed by atoms with van der Waals surface area (Å²) in [5.41, 5.74) is 0. The van der Waals surface area contributed by atoms with Crippen molar-refractivity contribution in [2.24, 2.45) is 0 Å². The molecule has 1 aromatic heterocycles. The molecule has 2 heterocycles. The Balaban J connectivity index is 1.92. The van der Waals surface area contributed by atoms with Gasteiger partial charge >= 0.3 is 6.03 Å². The second-order valence-electron chi connectivity index (χ2n) is 5.78. The van der Waals surface area contributed by atoms with Gasteiger partial charge in [0, 0.05) is 42.5 Å². The fourth-order valence-corrected chi connectivity index (χ4v) is 5.61. The van der Waals surface area contributed by atoms with Crippen LogP contribution >= 0.6 is 11.3 Å². The van der Waals surface area contributed by atoms with Gasteiger partial charge in [-0.05, 0) is 26.8 Å². The molecule has 0 aromatic carbocycles. The van der Waals surface area contributed by atoms with Crippen LogP contribution in [0, 0.1) is 13.8 Å². The van der Waals surface area contributed by atoms with Gasteiger partial charge in [0.2, 0.25) is 15.9 Å². The largest absolute Gasteiger partial charge is 0.355 e. The zero-order valence-electron chi connectivity index (χ0n) is 14.7. The third-order valence-corrected chi connectivity index (χ3v) is 7.03. The van der Waals surface area contributed by atoms with Crippen LogP contribution in [0.5, 0.6) is 0 Å². The molecular formula is C15H24N4O4S2. The Bertz CT molecular complexity index is 737. The molecule has 0 aliphatic carbocycles. The van der Waals surface area contributed by atoms with Gasteiger partial charge < -0.3 is 15.5 Å². The third kappa shape index (κ3) is 4.71. The second kappa shape index (κ2) is 8.15. The molecule has 2 N–H and O–H groups in total. The number of hydrogen-bond acceptors (Lipinski definition) is 5. The molecule has 2 rings (SSSR count). The van der Waals surface area contributed by atoms with E-state index in [-0.39, 0.29) is 31.6 Å². The van der Waals surface area contributed by atoms with Crippen LogP contribution < -0.4 is 10.6 Å². The average Bonchev–Trinajstić information content (AvgIpc) is 2.92. The number of carbonyl (C=O) groups is 2. The van der Waals surface area contributed by atoms with E-state index in [1.807, 2.05) is 6.92 Å². The van der Waals surface area contributed by atoms with Crippen molar-refractivity contribution in [3.63, 3.8) is 0 Å². The maximum absolute atomic E-state index is 12.7. The molecule has 0 unspecified atom stereocenters. The van der Waals surface area contributed by atoms with Crippen LogP contribution in [-0.2, 0) is 14.8 Å². The lowest BCUT2D eigenvalue weighted by Gasteiger charge is -2.33. The van der Waals surface area contributed by atoms with Gasteiger partial charge in [-0.3, -0.25) is 4.79 Å². The van der Waals surface area contributed by atoms with Gasteiger partial charge in [-0.15, -0.1) is 11.3 Å². The number of likely N-dealkylation sites (N-methyl/N-ethyl adjacent to an activating group) is 1. The molecule has 140 valence electrons. The highest BCUT2D eigenvalue weighted by Gasteiger charge is 2.31.